The number of quaternary nitrogens is 1. The largest absolute Gasteiger partial charge is 0.319 e. The van der Waals surface area contributed by atoms with E-state index in [0.29, 0.717) is 6.54 Å². The first-order chi connectivity index (χ1) is 8.06. The van der Waals surface area contributed by atoms with Crippen molar-refractivity contribution in [3.05, 3.63) is 29.8 Å². The number of hydrogen-bond donors (Lipinski definition) is 1. The van der Waals surface area contributed by atoms with E-state index in [0.717, 1.165) is 10.0 Å². The predicted octanol–water partition coefficient (Wildman–Crippen LogP) is 1.46. The fourth-order valence-corrected chi connectivity index (χ4v) is 1.40. The molecule has 100 valence electrons. The fourth-order valence-electron chi connectivity index (χ4n) is 0.922. The standard InChI is InChI=1S/C7H8O3S.C5H11N2/c1-6-2-4-7(5-3-6)11(8,9)10;1-7(2,3)5-4-6/h2-5H,1H3,(H,8,9,10);5H2,1-3H3/q;+1. The minimum Gasteiger partial charge on any atom is -0.319 e. The van der Waals surface area contributed by atoms with Gasteiger partial charge in [-0.15, -0.1) is 0 Å². The summed E-state index contributed by atoms with van der Waals surface area (Å²) in [5.74, 6) is 0. The molecule has 0 heterocycles. The van der Waals surface area contributed by atoms with Gasteiger partial charge in [-0.05, 0) is 19.1 Å². The Kier molecular flexibility index (Phi) is 5.98. The zero-order valence-corrected chi connectivity index (χ0v) is 11.9. The topological polar surface area (TPSA) is 78.2 Å². The van der Waals surface area contributed by atoms with Crippen LogP contribution >= 0.6 is 0 Å². The van der Waals surface area contributed by atoms with Crippen LogP contribution in [0.3, 0.4) is 0 Å². The van der Waals surface area contributed by atoms with Gasteiger partial charge in [-0.3, -0.25) is 4.55 Å². The van der Waals surface area contributed by atoms with Crippen LogP contribution in [0.25, 0.3) is 0 Å². The molecule has 0 spiro atoms. The van der Waals surface area contributed by atoms with Gasteiger partial charge in [-0.25, -0.2) is 0 Å². The first-order valence-electron chi connectivity index (χ1n) is 5.28. The van der Waals surface area contributed by atoms with Crippen LogP contribution in [0.15, 0.2) is 29.2 Å². The van der Waals surface area contributed by atoms with Crippen molar-refractivity contribution in [1.29, 1.82) is 5.26 Å². The van der Waals surface area contributed by atoms with Gasteiger partial charge in [0.1, 0.15) is 6.07 Å². The molecule has 0 saturated heterocycles. The molecule has 1 rings (SSSR count). The Hall–Kier alpha value is -1.42. The number of nitrogens with zero attached hydrogens (tertiary/aromatic N) is 2. The lowest BCUT2D eigenvalue weighted by Gasteiger charge is -2.18. The van der Waals surface area contributed by atoms with Crippen molar-refractivity contribution in [2.24, 2.45) is 0 Å². The second kappa shape index (κ2) is 6.50. The van der Waals surface area contributed by atoms with Gasteiger partial charge in [0.25, 0.3) is 10.1 Å². The van der Waals surface area contributed by atoms with E-state index in [4.69, 9.17) is 9.81 Å². The first kappa shape index (κ1) is 16.6. The van der Waals surface area contributed by atoms with Gasteiger partial charge in [0.2, 0.25) is 0 Å². The number of benzene rings is 1. The summed E-state index contributed by atoms with van der Waals surface area (Å²) in [7, 11) is 1.95. The highest BCUT2D eigenvalue weighted by Gasteiger charge is 2.06. The van der Waals surface area contributed by atoms with Crippen LogP contribution in [0.1, 0.15) is 5.56 Å². The molecule has 5 nitrogen and oxygen atoms in total. The van der Waals surface area contributed by atoms with Crippen LogP contribution in [0.5, 0.6) is 0 Å². The average Bonchev–Trinajstić information content (AvgIpc) is 2.15. The molecular formula is C12H19N2O3S+. The maximum atomic E-state index is 10.5. The normalized spacial score (nSPS) is 11.1. The summed E-state index contributed by atoms with van der Waals surface area (Å²) in [6.07, 6.45) is 0. The van der Waals surface area contributed by atoms with Gasteiger partial charge >= 0.3 is 0 Å². The van der Waals surface area contributed by atoms with Crippen molar-refractivity contribution in [3.8, 4) is 6.07 Å². The molecule has 0 atom stereocenters. The van der Waals surface area contributed by atoms with E-state index >= 15 is 0 Å². The summed E-state index contributed by atoms with van der Waals surface area (Å²) in [6.45, 7) is 2.42. The summed E-state index contributed by atoms with van der Waals surface area (Å²) in [4.78, 5) is -0.0666. The van der Waals surface area contributed by atoms with Gasteiger partial charge < -0.3 is 4.48 Å². The maximum absolute atomic E-state index is 10.5. The minimum atomic E-state index is -4.02. The van der Waals surface area contributed by atoms with E-state index in [9.17, 15) is 8.42 Å². The highest BCUT2D eigenvalue weighted by Crippen LogP contribution is 2.08. The number of hydrogen-bond acceptors (Lipinski definition) is 3. The average molecular weight is 271 g/mol. The van der Waals surface area contributed by atoms with Crippen molar-refractivity contribution < 1.29 is 17.5 Å². The number of aryl methyl sites for hydroxylation is 1. The maximum Gasteiger partial charge on any atom is 0.294 e. The molecule has 0 fully saturated rings. The highest BCUT2D eigenvalue weighted by molar-refractivity contribution is 7.85. The smallest absolute Gasteiger partial charge is 0.294 e. The van der Waals surface area contributed by atoms with Crippen LogP contribution in [0.2, 0.25) is 0 Å². The summed E-state index contributed by atoms with van der Waals surface area (Å²) >= 11 is 0. The monoisotopic (exact) mass is 271 g/mol. The summed E-state index contributed by atoms with van der Waals surface area (Å²) in [5, 5.41) is 8.14. The van der Waals surface area contributed by atoms with Crippen molar-refractivity contribution >= 4 is 10.1 Å². The molecule has 0 unspecified atom stereocenters. The fraction of sp³-hybridized carbons (Fsp3) is 0.417. The van der Waals surface area contributed by atoms with E-state index in [2.05, 4.69) is 6.07 Å². The molecule has 0 radical (unpaired) electrons. The molecule has 0 aromatic heterocycles. The third kappa shape index (κ3) is 7.79. The predicted molar refractivity (Wildman–Crippen MR) is 69.5 cm³/mol. The van der Waals surface area contributed by atoms with Crippen LogP contribution in [0.4, 0.5) is 0 Å². The highest BCUT2D eigenvalue weighted by atomic mass is 32.2. The quantitative estimate of drug-likeness (QED) is 0.502. The van der Waals surface area contributed by atoms with Crippen LogP contribution in [-0.2, 0) is 10.1 Å². The van der Waals surface area contributed by atoms with Gasteiger partial charge in [0, 0.05) is 0 Å². The summed E-state index contributed by atoms with van der Waals surface area (Å²) < 4.78 is 30.3. The molecule has 1 aromatic rings. The van der Waals surface area contributed by atoms with Gasteiger partial charge in [-0.1, -0.05) is 17.7 Å². The zero-order chi connectivity index (χ0) is 14.4. The lowest BCUT2D eigenvalue weighted by atomic mass is 10.2. The third-order valence-corrected chi connectivity index (χ3v) is 2.73. The number of rotatable bonds is 2. The van der Waals surface area contributed by atoms with E-state index in [1.807, 2.05) is 28.1 Å². The number of nitriles is 1. The van der Waals surface area contributed by atoms with Gasteiger partial charge in [-0.2, -0.15) is 13.7 Å². The lowest BCUT2D eigenvalue weighted by Crippen LogP contribution is -2.34. The van der Waals surface area contributed by atoms with Crippen molar-refractivity contribution in [3.63, 3.8) is 0 Å². The molecule has 0 saturated carbocycles. The van der Waals surface area contributed by atoms with E-state index < -0.39 is 10.1 Å². The molecule has 0 aliphatic rings. The SMILES string of the molecule is C[N+](C)(C)CC#N.Cc1ccc(S(=O)(=O)O)cc1. The molecule has 1 aromatic carbocycles. The van der Waals surface area contributed by atoms with E-state index in [1.165, 1.54) is 12.1 Å². The van der Waals surface area contributed by atoms with Crippen molar-refractivity contribution in [1.82, 2.24) is 0 Å². The second-order valence-corrected chi connectivity index (χ2v) is 6.32. The summed E-state index contributed by atoms with van der Waals surface area (Å²) in [6, 6.07) is 8.07. The van der Waals surface area contributed by atoms with Crippen molar-refractivity contribution in [2.45, 2.75) is 11.8 Å². The van der Waals surface area contributed by atoms with Gasteiger partial charge in [0.05, 0.1) is 26.0 Å². The Morgan fingerprint density at radius 2 is 1.67 bits per heavy atom. The molecule has 0 aliphatic heterocycles. The molecule has 1 N–H and O–H groups in total. The Bertz CT molecular complexity index is 508. The Morgan fingerprint density at radius 3 is 1.89 bits per heavy atom. The minimum absolute atomic E-state index is 0.0666. The Morgan fingerprint density at radius 1 is 1.22 bits per heavy atom. The molecule has 0 amide bonds. The molecular weight excluding hydrogens is 252 g/mol. The van der Waals surface area contributed by atoms with Crippen LogP contribution in [-0.4, -0.2) is 45.1 Å². The molecule has 0 aliphatic carbocycles. The Labute approximate surface area is 109 Å². The molecule has 18 heavy (non-hydrogen) atoms. The van der Waals surface area contributed by atoms with Gasteiger partial charge in [0.15, 0.2) is 6.54 Å². The first-order valence-corrected chi connectivity index (χ1v) is 6.72. The second-order valence-electron chi connectivity index (χ2n) is 4.89. The Balaban J connectivity index is 0.000000360. The summed E-state index contributed by atoms with van der Waals surface area (Å²) in [5.41, 5.74) is 0.956. The van der Waals surface area contributed by atoms with E-state index in [1.54, 1.807) is 12.1 Å². The van der Waals surface area contributed by atoms with Crippen molar-refractivity contribution in [2.75, 3.05) is 27.7 Å². The van der Waals surface area contributed by atoms with Crippen LogP contribution in [0, 0.1) is 18.3 Å². The molecule has 0 bridgehead atoms. The molecule has 6 heteroatoms. The van der Waals surface area contributed by atoms with Crippen LogP contribution < -0.4 is 0 Å². The third-order valence-electron chi connectivity index (χ3n) is 1.86. The zero-order valence-electron chi connectivity index (χ0n) is 11.1. The lowest BCUT2D eigenvalue weighted by molar-refractivity contribution is -0.863. The van der Waals surface area contributed by atoms with E-state index in [-0.39, 0.29) is 4.90 Å².